The molecule has 0 saturated carbocycles. The Bertz CT molecular complexity index is 166. The van der Waals surface area contributed by atoms with Gasteiger partial charge in [0.05, 0.1) is 7.98 Å². The summed E-state index contributed by atoms with van der Waals surface area (Å²) < 4.78 is 11.1. The molecule has 0 aromatic carbocycles. The number of hydrogen-bond acceptors (Lipinski definition) is 6. The van der Waals surface area contributed by atoms with E-state index in [-0.39, 0.29) is 6.29 Å². The molecule has 4 atom stereocenters. The summed E-state index contributed by atoms with van der Waals surface area (Å²) in [5.41, 5.74) is 0. The summed E-state index contributed by atoms with van der Waals surface area (Å²) in [6, 6.07) is 0. The molecule has 4 N–H and O–H groups in total. The van der Waals surface area contributed by atoms with Gasteiger partial charge in [0.25, 0.3) is 0 Å². The second-order valence-electron chi connectivity index (χ2n) is 2.50. The van der Waals surface area contributed by atoms with Crippen LogP contribution < -0.4 is 0 Å². The first kappa shape index (κ1) is 10.6. The van der Waals surface area contributed by atoms with Crippen molar-refractivity contribution in [1.29, 1.82) is 0 Å². The number of carbonyl (C=O) groups excluding carboxylic acids is 1. The fourth-order valence-electron chi connectivity index (χ4n) is 0.748. The van der Waals surface area contributed by atoms with Crippen molar-refractivity contribution >= 4 is 6.29 Å². The number of aliphatic hydroxyl groups excluding tert-OH is 4. The van der Waals surface area contributed by atoms with E-state index >= 15 is 0 Å². The van der Waals surface area contributed by atoms with E-state index in [0.29, 0.717) is 0 Å². The minimum Gasteiger partial charge on any atom is -0.394 e. The Hall–Kier alpha value is -0.530. The Kier molecular flexibility index (Phi) is 4.87. The second kappa shape index (κ2) is 6.01. The molecule has 0 bridgehead atoms. The lowest BCUT2D eigenvalue weighted by atomic mass is 10.0. The average Bonchev–Trinajstić information content (AvgIpc) is 2.22. The highest BCUT2D eigenvalue weighted by molar-refractivity contribution is 5.57. The maximum Gasteiger partial charge on any atom is 0.151 e. The van der Waals surface area contributed by atoms with Gasteiger partial charge in [-0.1, -0.05) is 0 Å². The SMILES string of the molecule is [2H]CO[C@@H](C=O)[C@@H](O)[C@@H](O)[C@H](O)CO. The van der Waals surface area contributed by atoms with Gasteiger partial charge in [0.2, 0.25) is 0 Å². The molecule has 0 fully saturated rings. The monoisotopic (exact) mass is 195 g/mol. The predicted molar refractivity (Wildman–Crippen MR) is 42.0 cm³/mol. The van der Waals surface area contributed by atoms with Gasteiger partial charge < -0.3 is 30.0 Å². The quantitative estimate of drug-likeness (QED) is 0.343. The number of carbonyl (C=O) groups is 1. The molecule has 0 spiro atoms. The van der Waals surface area contributed by atoms with E-state index in [9.17, 15) is 9.90 Å². The second-order valence-corrected chi connectivity index (χ2v) is 2.50. The standard InChI is InChI=1S/C7H14O6/c1-13-5(3-9)7(12)6(11)4(10)2-8/h3-8,10-12H,2H2,1H3/t4-,5+,6+,7-/m1/s1/i1D. The van der Waals surface area contributed by atoms with Gasteiger partial charge in [-0.15, -0.1) is 0 Å². The van der Waals surface area contributed by atoms with Crippen molar-refractivity contribution in [2.24, 2.45) is 0 Å². The number of aliphatic hydroxyl groups is 4. The molecular weight excluding hydrogens is 180 g/mol. The zero-order valence-electron chi connectivity index (χ0n) is 7.91. The molecule has 0 amide bonds. The Balaban J connectivity index is 4.25. The molecular formula is C7H14O6. The van der Waals surface area contributed by atoms with E-state index in [0.717, 1.165) is 0 Å². The predicted octanol–water partition coefficient (Wildman–Crippen LogP) is -2.72. The van der Waals surface area contributed by atoms with Gasteiger partial charge in [-0.25, -0.2) is 0 Å². The van der Waals surface area contributed by atoms with Crippen LogP contribution in [0.1, 0.15) is 1.37 Å². The minimum absolute atomic E-state index is 0.215. The third-order valence-corrected chi connectivity index (χ3v) is 1.59. The summed E-state index contributed by atoms with van der Waals surface area (Å²) in [4.78, 5) is 10.3. The first-order valence-electron chi connectivity index (χ1n) is 4.30. The van der Waals surface area contributed by atoms with Crippen LogP contribution in [0.3, 0.4) is 0 Å². The molecule has 0 aromatic rings. The van der Waals surface area contributed by atoms with E-state index in [1.165, 1.54) is 0 Å². The highest BCUT2D eigenvalue weighted by Gasteiger charge is 2.30. The first-order chi connectivity index (χ1) is 6.58. The summed E-state index contributed by atoms with van der Waals surface area (Å²) in [7, 11) is -0.553. The first-order valence-corrected chi connectivity index (χ1v) is 3.59. The van der Waals surface area contributed by atoms with Crippen molar-refractivity contribution in [1.82, 2.24) is 0 Å². The van der Waals surface area contributed by atoms with Gasteiger partial charge in [0.15, 0.2) is 6.29 Å². The number of ether oxygens (including phenoxy) is 1. The zero-order chi connectivity index (χ0) is 11.1. The lowest BCUT2D eigenvalue weighted by Gasteiger charge is -2.24. The molecule has 0 aliphatic carbocycles. The minimum atomic E-state index is -1.69. The van der Waals surface area contributed by atoms with Gasteiger partial charge in [-0.3, -0.25) is 0 Å². The van der Waals surface area contributed by atoms with Crippen molar-refractivity contribution in [2.45, 2.75) is 24.4 Å². The molecule has 6 heteroatoms. The maximum atomic E-state index is 10.3. The molecule has 0 aromatic heterocycles. The third kappa shape index (κ3) is 3.37. The van der Waals surface area contributed by atoms with Gasteiger partial charge >= 0.3 is 0 Å². The van der Waals surface area contributed by atoms with Crippen LogP contribution in [-0.2, 0) is 9.53 Å². The highest BCUT2D eigenvalue weighted by atomic mass is 16.5. The number of aldehydes is 1. The molecule has 0 unspecified atom stereocenters. The summed E-state index contributed by atoms with van der Waals surface area (Å²) in [6.07, 6.45) is -6.08. The van der Waals surface area contributed by atoms with E-state index in [4.69, 9.17) is 16.7 Å². The van der Waals surface area contributed by atoms with Crippen LogP contribution in [0.4, 0.5) is 0 Å². The number of methoxy groups -OCH3 is 1. The fourth-order valence-corrected chi connectivity index (χ4v) is 0.748. The van der Waals surface area contributed by atoms with Crippen molar-refractivity contribution in [3.63, 3.8) is 0 Å². The normalized spacial score (nSPS) is 21.4. The van der Waals surface area contributed by atoms with Crippen molar-refractivity contribution < 1.29 is 31.3 Å². The Morgan fingerprint density at radius 2 is 2.08 bits per heavy atom. The lowest BCUT2D eigenvalue weighted by Crippen LogP contribution is -2.47. The largest absolute Gasteiger partial charge is 0.394 e. The third-order valence-electron chi connectivity index (χ3n) is 1.59. The molecule has 0 saturated heterocycles. The van der Waals surface area contributed by atoms with Crippen LogP contribution in [0.2, 0.25) is 0 Å². The Morgan fingerprint density at radius 3 is 2.46 bits per heavy atom. The highest BCUT2D eigenvalue weighted by Crippen LogP contribution is 2.05. The van der Waals surface area contributed by atoms with Crippen LogP contribution in [0.25, 0.3) is 0 Å². The van der Waals surface area contributed by atoms with Crippen LogP contribution in [-0.4, -0.2) is 64.8 Å². The fraction of sp³-hybridized carbons (Fsp3) is 0.857. The van der Waals surface area contributed by atoms with Crippen LogP contribution in [0, 0.1) is 0 Å². The van der Waals surface area contributed by atoms with Gasteiger partial charge in [-0.05, 0) is 0 Å². The molecule has 0 radical (unpaired) electrons. The van der Waals surface area contributed by atoms with E-state index < -0.39 is 38.1 Å². The van der Waals surface area contributed by atoms with Crippen molar-refractivity contribution in [3.8, 4) is 0 Å². The number of hydrogen-bond donors (Lipinski definition) is 4. The summed E-state index contributed by atoms with van der Waals surface area (Å²) >= 11 is 0. The molecule has 13 heavy (non-hydrogen) atoms. The smallest absolute Gasteiger partial charge is 0.151 e. The number of rotatable bonds is 6. The van der Waals surface area contributed by atoms with E-state index in [2.05, 4.69) is 4.74 Å². The van der Waals surface area contributed by atoms with Crippen molar-refractivity contribution in [2.75, 3.05) is 13.7 Å². The Labute approximate surface area is 76.8 Å². The van der Waals surface area contributed by atoms with E-state index in [1.807, 2.05) is 0 Å². The summed E-state index contributed by atoms with van der Waals surface area (Å²) in [5.74, 6) is 0. The molecule has 0 aliphatic heterocycles. The maximum absolute atomic E-state index is 10.3. The van der Waals surface area contributed by atoms with Crippen LogP contribution in [0.5, 0.6) is 0 Å². The van der Waals surface area contributed by atoms with Crippen LogP contribution in [0.15, 0.2) is 0 Å². The average molecular weight is 195 g/mol. The molecule has 6 nitrogen and oxygen atoms in total. The zero-order valence-corrected chi connectivity index (χ0v) is 6.91. The molecule has 0 rings (SSSR count). The van der Waals surface area contributed by atoms with Gasteiger partial charge in [-0.2, -0.15) is 0 Å². The Morgan fingerprint density at radius 1 is 1.46 bits per heavy atom. The van der Waals surface area contributed by atoms with Crippen molar-refractivity contribution in [3.05, 3.63) is 0 Å². The van der Waals surface area contributed by atoms with Crippen LogP contribution >= 0.6 is 0 Å². The topological polar surface area (TPSA) is 107 Å². The molecule has 0 aliphatic rings. The summed E-state index contributed by atoms with van der Waals surface area (Å²) in [5, 5.41) is 35.8. The van der Waals surface area contributed by atoms with Gasteiger partial charge in [0.1, 0.15) is 24.4 Å². The lowest BCUT2D eigenvalue weighted by molar-refractivity contribution is -0.141. The molecule has 0 heterocycles. The molecule has 78 valence electrons. The van der Waals surface area contributed by atoms with Gasteiger partial charge in [0, 0.05) is 7.09 Å². The summed E-state index contributed by atoms with van der Waals surface area (Å²) in [6.45, 7) is -0.745. The van der Waals surface area contributed by atoms with E-state index in [1.54, 1.807) is 0 Å².